The maximum absolute atomic E-state index is 14.0. The standard InChI is InChI=1S/C21H14ClFN2OS/c22-16-9-3-6-12-19(16)25-20(26)15-8-2-5-11-18(15)24-21(25)27-13-14-7-1-4-10-17(14)23/h1-12H,13H2. The fourth-order valence-corrected chi connectivity index (χ4v) is 4.02. The summed E-state index contributed by atoms with van der Waals surface area (Å²) in [6.45, 7) is 0. The Bertz CT molecular complexity index is 1190. The summed E-state index contributed by atoms with van der Waals surface area (Å²) in [4.78, 5) is 17.8. The summed E-state index contributed by atoms with van der Waals surface area (Å²) in [5.74, 6) is 0.0690. The second kappa shape index (κ2) is 7.55. The van der Waals surface area contributed by atoms with Crippen molar-refractivity contribution in [1.82, 2.24) is 9.55 Å². The van der Waals surface area contributed by atoms with Crippen LogP contribution in [0.25, 0.3) is 16.6 Å². The molecule has 134 valence electrons. The Morgan fingerprint density at radius 2 is 1.67 bits per heavy atom. The smallest absolute Gasteiger partial charge is 0.266 e. The molecule has 1 heterocycles. The Labute approximate surface area is 164 Å². The zero-order chi connectivity index (χ0) is 18.8. The third-order valence-corrected chi connectivity index (χ3v) is 5.46. The minimum Gasteiger partial charge on any atom is -0.268 e. The van der Waals surface area contributed by atoms with E-state index in [1.54, 1.807) is 54.6 Å². The molecule has 1 aromatic heterocycles. The summed E-state index contributed by atoms with van der Waals surface area (Å²) in [7, 11) is 0. The van der Waals surface area contributed by atoms with E-state index in [1.807, 2.05) is 12.1 Å². The zero-order valence-corrected chi connectivity index (χ0v) is 15.7. The summed E-state index contributed by atoms with van der Waals surface area (Å²) >= 11 is 7.64. The van der Waals surface area contributed by atoms with Gasteiger partial charge < -0.3 is 0 Å². The van der Waals surface area contributed by atoms with Gasteiger partial charge in [0.05, 0.1) is 21.6 Å². The van der Waals surface area contributed by atoms with Crippen molar-refractivity contribution in [2.45, 2.75) is 10.9 Å². The van der Waals surface area contributed by atoms with Crippen LogP contribution >= 0.6 is 23.4 Å². The van der Waals surface area contributed by atoms with Gasteiger partial charge in [-0.25, -0.2) is 9.37 Å². The van der Waals surface area contributed by atoms with Gasteiger partial charge in [-0.3, -0.25) is 9.36 Å². The van der Waals surface area contributed by atoms with Gasteiger partial charge in [0.25, 0.3) is 5.56 Å². The van der Waals surface area contributed by atoms with Gasteiger partial charge in [-0.15, -0.1) is 0 Å². The maximum Gasteiger partial charge on any atom is 0.266 e. The highest BCUT2D eigenvalue weighted by atomic mass is 35.5. The van der Waals surface area contributed by atoms with E-state index in [0.29, 0.717) is 38.1 Å². The van der Waals surface area contributed by atoms with Crippen molar-refractivity contribution >= 4 is 34.3 Å². The Kier molecular flexibility index (Phi) is 4.97. The lowest BCUT2D eigenvalue weighted by Crippen LogP contribution is -2.22. The van der Waals surface area contributed by atoms with Gasteiger partial charge in [-0.1, -0.05) is 65.8 Å². The van der Waals surface area contributed by atoms with Crippen LogP contribution in [0, 0.1) is 5.82 Å². The van der Waals surface area contributed by atoms with Crippen LogP contribution < -0.4 is 5.56 Å². The normalized spacial score (nSPS) is 11.0. The second-order valence-corrected chi connectivity index (χ2v) is 7.23. The van der Waals surface area contributed by atoms with E-state index >= 15 is 0 Å². The van der Waals surface area contributed by atoms with Crippen molar-refractivity contribution < 1.29 is 4.39 Å². The topological polar surface area (TPSA) is 34.9 Å². The minimum atomic E-state index is -0.280. The van der Waals surface area contributed by atoms with Crippen molar-refractivity contribution in [2.24, 2.45) is 0 Å². The third-order valence-electron chi connectivity index (χ3n) is 4.15. The molecule has 3 aromatic carbocycles. The molecule has 0 aliphatic heterocycles. The first-order valence-corrected chi connectivity index (χ1v) is 9.64. The van der Waals surface area contributed by atoms with Crippen LogP contribution in [0.1, 0.15) is 5.56 Å². The van der Waals surface area contributed by atoms with E-state index in [4.69, 9.17) is 11.6 Å². The zero-order valence-electron chi connectivity index (χ0n) is 14.1. The van der Waals surface area contributed by atoms with Gasteiger partial charge in [0.2, 0.25) is 0 Å². The fraction of sp³-hybridized carbons (Fsp3) is 0.0476. The van der Waals surface area contributed by atoms with Gasteiger partial charge in [0.15, 0.2) is 5.16 Å². The SMILES string of the molecule is O=c1c2ccccc2nc(SCc2ccccc2F)n1-c1ccccc1Cl. The molecule has 6 heteroatoms. The molecule has 0 saturated heterocycles. The number of hydrogen-bond donors (Lipinski definition) is 0. The first-order chi connectivity index (χ1) is 13.1. The van der Waals surface area contributed by atoms with E-state index in [1.165, 1.54) is 22.4 Å². The predicted molar refractivity (Wildman–Crippen MR) is 108 cm³/mol. The van der Waals surface area contributed by atoms with E-state index in [9.17, 15) is 9.18 Å². The highest BCUT2D eigenvalue weighted by molar-refractivity contribution is 7.98. The van der Waals surface area contributed by atoms with Crippen LogP contribution in [-0.2, 0) is 5.75 Å². The molecule has 0 saturated carbocycles. The predicted octanol–water partition coefficient (Wildman–Crippen LogP) is 5.47. The lowest BCUT2D eigenvalue weighted by atomic mass is 10.2. The average Bonchev–Trinajstić information content (AvgIpc) is 2.68. The minimum absolute atomic E-state index is 0.204. The molecule has 4 aromatic rings. The van der Waals surface area contributed by atoms with Gasteiger partial charge in [-0.2, -0.15) is 0 Å². The van der Waals surface area contributed by atoms with Gasteiger partial charge in [0.1, 0.15) is 5.82 Å². The third kappa shape index (κ3) is 3.48. The number of para-hydroxylation sites is 2. The van der Waals surface area contributed by atoms with E-state index < -0.39 is 0 Å². The number of fused-ring (bicyclic) bond motifs is 1. The number of hydrogen-bond acceptors (Lipinski definition) is 3. The van der Waals surface area contributed by atoms with E-state index in [-0.39, 0.29) is 11.4 Å². The monoisotopic (exact) mass is 396 g/mol. The molecule has 0 spiro atoms. The number of benzene rings is 3. The molecule has 3 nitrogen and oxygen atoms in total. The van der Waals surface area contributed by atoms with Crippen LogP contribution in [0.15, 0.2) is 82.7 Å². The molecule has 0 bridgehead atoms. The molecule has 0 aliphatic rings. The quantitative estimate of drug-likeness (QED) is 0.339. The second-order valence-electron chi connectivity index (χ2n) is 5.88. The molecule has 0 radical (unpaired) electrons. The number of halogens is 2. The summed E-state index contributed by atoms with van der Waals surface area (Å²) < 4.78 is 15.5. The molecule has 0 amide bonds. The summed E-state index contributed by atoms with van der Waals surface area (Å²) in [5.41, 5.74) is 1.50. The van der Waals surface area contributed by atoms with Crippen molar-refractivity contribution in [3.8, 4) is 5.69 Å². The Balaban J connectivity index is 1.88. The highest BCUT2D eigenvalue weighted by Crippen LogP contribution is 2.28. The number of thioether (sulfide) groups is 1. The average molecular weight is 397 g/mol. The molecule has 0 unspecified atom stereocenters. The molecule has 27 heavy (non-hydrogen) atoms. The highest BCUT2D eigenvalue weighted by Gasteiger charge is 2.15. The lowest BCUT2D eigenvalue weighted by Gasteiger charge is -2.14. The molecule has 0 aliphatic carbocycles. The molecule has 0 fully saturated rings. The fourth-order valence-electron chi connectivity index (χ4n) is 2.81. The molecule has 0 atom stereocenters. The first kappa shape index (κ1) is 17.8. The Morgan fingerprint density at radius 3 is 2.48 bits per heavy atom. The van der Waals surface area contributed by atoms with Crippen LogP contribution in [0.2, 0.25) is 5.02 Å². The Hall–Kier alpha value is -2.63. The van der Waals surface area contributed by atoms with Crippen molar-refractivity contribution in [1.29, 1.82) is 0 Å². The maximum atomic E-state index is 14.0. The largest absolute Gasteiger partial charge is 0.268 e. The molecular formula is C21H14ClFN2OS. The van der Waals surface area contributed by atoms with Crippen molar-refractivity contribution in [3.05, 3.63) is 99.6 Å². The molecule has 0 N–H and O–H groups in total. The van der Waals surface area contributed by atoms with Crippen molar-refractivity contribution in [2.75, 3.05) is 0 Å². The summed E-state index contributed by atoms with van der Waals surface area (Å²) in [6.07, 6.45) is 0. The lowest BCUT2D eigenvalue weighted by molar-refractivity contribution is 0.617. The van der Waals surface area contributed by atoms with Gasteiger partial charge in [0, 0.05) is 5.75 Å². The van der Waals surface area contributed by atoms with Gasteiger partial charge in [-0.05, 0) is 35.9 Å². The number of rotatable bonds is 4. The Morgan fingerprint density at radius 1 is 0.963 bits per heavy atom. The van der Waals surface area contributed by atoms with Crippen LogP contribution in [-0.4, -0.2) is 9.55 Å². The first-order valence-electron chi connectivity index (χ1n) is 8.28. The molecule has 4 rings (SSSR count). The van der Waals surface area contributed by atoms with Gasteiger partial charge >= 0.3 is 0 Å². The molecular weight excluding hydrogens is 383 g/mol. The summed E-state index contributed by atoms with van der Waals surface area (Å²) in [5, 5.41) is 1.42. The van der Waals surface area contributed by atoms with Crippen LogP contribution in [0.5, 0.6) is 0 Å². The van der Waals surface area contributed by atoms with Crippen molar-refractivity contribution in [3.63, 3.8) is 0 Å². The van der Waals surface area contributed by atoms with E-state index in [2.05, 4.69) is 4.98 Å². The van der Waals surface area contributed by atoms with Crippen LogP contribution in [0.4, 0.5) is 4.39 Å². The summed E-state index contributed by atoms with van der Waals surface area (Å²) in [6, 6.07) is 20.9. The van der Waals surface area contributed by atoms with E-state index in [0.717, 1.165) is 0 Å². The van der Waals surface area contributed by atoms with Crippen LogP contribution in [0.3, 0.4) is 0 Å². The number of nitrogens with zero attached hydrogens (tertiary/aromatic N) is 2. The number of aromatic nitrogens is 2.